The highest BCUT2D eigenvalue weighted by Crippen LogP contribution is 2.27. The fraction of sp³-hybridized carbons (Fsp3) is 0.250. The van der Waals surface area contributed by atoms with Crippen LogP contribution in [0.5, 0.6) is 0 Å². The van der Waals surface area contributed by atoms with Gasteiger partial charge in [0.2, 0.25) is 5.82 Å². The second kappa shape index (κ2) is 7.28. The molecule has 1 fully saturated rings. The Kier molecular flexibility index (Phi) is 4.68. The fourth-order valence-electron chi connectivity index (χ4n) is 3.12. The number of benzene rings is 2. The Balaban J connectivity index is 1.66. The summed E-state index contributed by atoms with van der Waals surface area (Å²) in [5, 5.41) is 3.89. The van der Waals surface area contributed by atoms with Gasteiger partial charge in [-0.2, -0.15) is 4.98 Å². The molecule has 2 heterocycles. The number of amides is 1. The van der Waals surface area contributed by atoms with Crippen LogP contribution >= 0.6 is 0 Å². The maximum atomic E-state index is 14.0. The lowest BCUT2D eigenvalue weighted by molar-refractivity contribution is 0.0664. The van der Waals surface area contributed by atoms with Crippen molar-refractivity contribution in [2.24, 2.45) is 0 Å². The van der Waals surface area contributed by atoms with Gasteiger partial charge in [0.15, 0.2) is 0 Å². The van der Waals surface area contributed by atoms with E-state index in [1.165, 1.54) is 6.07 Å². The van der Waals surface area contributed by atoms with E-state index in [1.807, 2.05) is 18.0 Å². The molecule has 6 nitrogen and oxygen atoms in total. The Bertz CT molecular complexity index is 964. The Morgan fingerprint density at radius 2 is 1.67 bits per heavy atom. The van der Waals surface area contributed by atoms with Crippen LogP contribution in [0.25, 0.3) is 22.8 Å². The number of carbonyl (C=O) groups is 1. The second-order valence-corrected chi connectivity index (χ2v) is 6.54. The van der Waals surface area contributed by atoms with Crippen LogP contribution in [0, 0.1) is 5.82 Å². The number of aromatic nitrogens is 2. The van der Waals surface area contributed by atoms with Gasteiger partial charge < -0.3 is 14.3 Å². The van der Waals surface area contributed by atoms with Crippen molar-refractivity contribution in [1.29, 1.82) is 0 Å². The molecular formula is C20H19FN4O2. The number of halogens is 1. The molecule has 2 aromatic carbocycles. The Morgan fingerprint density at radius 1 is 1.00 bits per heavy atom. The zero-order chi connectivity index (χ0) is 18.8. The van der Waals surface area contributed by atoms with Crippen molar-refractivity contribution in [1.82, 2.24) is 19.9 Å². The van der Waals surface area contributed by atoms with Gasteiger partial charge in [0.05, 0.1) is 16.7 Å². The van der Waals surface area contributed by atoms with Crippen molar-refractivity contribution in [3.8, 4) is 22.8 Å². The third-order valence-electron chi connectivity index (χ3n) is 4.72. The molecule has 138 valence electrons. The summed E-state index contributed by atoms with van der Waals surface area (Å²) in [5.74, 6) is -0.132. The molecule has 1 aliphatic heterocycles. The van der Waals surface area contributed by atoms with Gasteiger partial charge in [-0.1, -0.05) is 29.4 Å². The van der Waals surface area contributed by atoms with Crippen molar-refractivity contribution in [2.45, 2.75) is 0 Å². The van der Waals surface area contributed by atoms with Gasteiger partial charge in [-0.15, -0.1) is 0 Å². The van der Waals surface area contributed by atoms with Crippen LogP contribution in [0.3, 0.4) is 0 Å². The van der Waals surface area contributed by atoms with Crippen LogP contribution in [-0.2, 0) is 0 Å². The van der Waals surface area contributed by atoms with E-state index in [4.69, 9.17) is 4.52 Å². The predicted octanol–water partition coefficient (Wildman–Crippen LogP) is 2.93. The highest BCUT2D eigenvalue weighted by atomic mass is 19.1. The average molecular weight is 366 g/mol. The molecule has 0 saturated carbocycles. The van der Waals surface area contributed by atoms with Gasteiger partial charge >= 0.3 is 0 Å². The highest BCUT2D eigenvalue weighted by molar-refractivity contribution is 6.00. The molecule has 1 aromatic heterocycles. The molecule has 1 amide bonds. The summed E-state index contributed by atoms with van der Waals surface area (Å²) in [6.07, 6.45) is 0. The number of nitrogens with zero attached hydrogens (tertiary/aromatic N) is 4. The van der Waals surface area contributed by atoms with E-state index in [-0.39, 0.29) is 23.2 Å². The number of piperazine rings is 1. The second-order valence-electron chi connectivity index (χ2n) is 6.54. The maximum absolute atomic E-state index is 14.0. The molecule has 3 aromatic rings. The third kappa shape index (κ3) is 3.46. The zero-order valence-electron chi connectivity index (χ0n) is 14.9. The average Bonchev–Trinajstić information content (AvgIpc) is 3.18. The smallest absolute Gasteiger partial charge is 0.259 e. The standard InChI is InChI=1S/C20H19FN4O2/c1-24-10-12-25(13-11-24)20(26)15-7-3-2-6-14(15)19-22-18(23-27-19)16-8-4-5-9-17(16)21/h2-9H,10-13H2,1H3. The Labute approximate surface area is 156 Å². The molecule has 4 rings (SSSR count). The first-order valence-corrected chi connectivity index (χ1v) is 8.79. The summed E-state index contributed by atoms with van der Waals surface area (Å²) in [5.41, 5.74) is 1.32. The lowest BCUT2D eigenvalue weighted by Crippen LogP contribution is -2.47. The minimum Gasteiger partial charge on any atom is -0.336 e. The molecule has 0 unspecified atom stereocenters. The largest absolute Gasteiger partial charge is 0.336 e. The number of hydrogen-bond acceptors (Lipinski definition) is 5. The highest BCUT2D eigenvalue weighted by Gasteiger charge is 2.24. The van der Waals surface area contributed by atoms with E-state index >= 15 is 0 Å². The Morgan fingerprint density at radius 3 is 2.41 bits per heavy atom. The van der Waals surface area contributed by atoms with Gasteiger partial charge in [-0.25, -0.2) is 4.39 Å². The number of rotatable bonds is 3. The van der Waals surface area contributed by atoms with Crippen molar-refractivity contribution in [2.75, 3.05) is 33.2 Å². The third-order valence-corrected chi connectivity index (χ3v) is 4.72. The molecule has 1 aliphatic rings. The first kappa shape index (κ1) is 17.4. The van der Waals surface area contributed by atoms with Gasteiger partial charge in [0, 0.05) is 26.2 Å². The number of hydrogen-bond donors (Lipinski definition) is 0. The molecule has 0 bridgehead atoms. The minimum atomic E-state index is -0.424. The number of likely N-dealkylation sites (N-methyl/N-ethyl adjacent to an activating group) is 1. The van der Waals surface area contributed by atoms with Crippen molar-refractivity contribution in [3.05, 3.63) is 59.9 Å². The first-order chi connectivity index (χ1) is 13.1. The fourth-order valence-corrected chi connectivity index (χ4v) is 3.12. The summed E-state index contributed by atoms with van der Waals surface area (Å²) >= 11 is 0. The molecule has 27 heavy (non-hydrogen) atoms. The van der Waals surface area contributed by atoms with Crippen molar-refractivity contribution in [3.63, 3.8) is 0 Å². The lowest BCUT2D eigenvalue weighted by atomic mass is 10.1. The van der Waals surface area contributed by atoms with Crippen LogP contribution in [-0.4, -0.2) is 59.1 Å². The van der Waals surface area contributed by atoms with Gasteiger partial charge in [-0.05, 0) is 31.3 Å². The molecule has 0 radical (unpaired) electrons. The van der Waals surface area contributed by atoms with Crippen LogP contribution < -0.4 is 0 Å². The molecule has 7 heteroatoms. The van der Waals surface area contributed by atoms with E-state index in [1.54, 1.807) is 36.4 Å². The zero-order valence-corrected chi connectivity index (χ0v) is 14.9. The number of carbonyl (C=O) groups excluding carboxylic acids is 1. The van der Waals surface area contributed by atoms with Crippen molar-refractivity contribution < 1.29 is 13.7 Å². The van der Waals surface area contributed by atoms with E-state index in [0.29, 0.717) is 24.2 Å². The summed E-state index contributed by atoms with van der Waals surface area (Å²) in [4.78, 5) is 21.3. The van der Waals surface area contributed by atoms with E-state index in [0.717, 1.165) is 13.1 Å². The van der Waals surface area contributed by atoms with Crippen LogP contribution in [0.1, 0.15) is 10.4 Å². The van der Waals surface area contributed by atoms with E-state index in [2.05, 4.69) is 15.0 Å². The van der Waals surface area contributed by atoms with Gasteiger partial charge in [-0.3, -0.25) is 4.79 Å². The molecule has 0 aliphatic carbocycles. The molecule has 1 saturated heterocycles. The van der Waals surface area contributed by atoms with Crippen LogP contribution in [0.2, 0.25) is 0 Å². The Hall–Kier alpha value is -3.06. The van der Waals surface area contributed by atoms with Gasteiger partial charge in [0.25, 0.3) is 11.8 Å². The minimum absolute atomic E-state index is 0.0654. The van der Waals surface area contributed by atoms with E-state index in [9.17, 15) is 9.18 Å². The van der Waals surface area contributed by atoms with Crippen molar-refractivity contribution >= 4 is 5.91 Å². The first-order valence-electron chi connectivity index (χ1n) is 8.79. The predicted molar refractivity (Wildman–Crippen MR) is 98.5 cm³/mol. The lowest BCUT2D eigenvalue weighted by Gasteiger charge is -2.32. The SMILES string of the molecule is CN1CCN(C(=O)c2ccccc2-c2nc(-c3ccccc3F)no2)CC1. The van der Waals surface area contributed by atoms with Gasteiger partial charge in [0.1, 0.15) is 5.82 Å². The van der Waals surface area contributed by atoms with Crippen LogP contribution in [0.4, 0.5) is 4.39 Å². The van der Waals surface area contributed by atoms with E-state index < -0.39 is 5.82 Å². The molecule has 0 atom stereocenters. The topological polar surface area (TPSA) is 62.5 Å². The summed E-state index contributed by atoms with van der Waals surface area (Å²) in [7, 11) is 2.04. The maximum Gasteiger partial charge on any atom is 0.259 e. The summed E-state index contributed by atoms with van der Waals surface area (Å²) in [6, 6.07) is 13.4. The van der Waals surface area contributed by atoms with Crippen LogP contribution in [0.15, 0.2) is 53.1 Å². The molecular weight excluding hydrogens is 347 g/mol. The quantitative estimate of drug-likeness (QED) is 0.713. The normalized spacial score (nSPS) is 15.1. The molecule has 0 spiro atoms. The summed E-state index contributed by atoms with van der Waals surface area (Å²) < 4.78 is 19.3. The molecule has 0 N–H and O–H groups in total. The monoisotopic (exact) mass is 366 g/mol. The summed E-state index contributed by atoms with van der Waals surface area (Å²) in [6.45, 7) is 3.03.